The van der Waals surface area contributed by atoms with Crippen LogP contribution in [0.1, 0.15) is 25.5 Å². The van der Waals surface area contributed by atoms with Crippen molar-refractivity contribution in [3.63, 3.8) is 0 Å². The molecular formula is C8H12N2. The van der Waals surface area contributed by atoms with Gasteiger partial charge in [-0.25, -0.2) is 4.98 Å². The largest absolute Gasteiger partial charge is 0.334 e. The molecule has 10 heavy (non-hydrogen) atoms. The van der Waals surface area contributed by atoms with Gasteiger partial charge in [-0.15, -0.1) is 0 Å². The first-order valence-electron chi connectivity index (χ1n) is 3.79. The Labute approximate surface area is 60.9 Å². The smallest absolute Gasteiger partial charge is 0.0948 e. The number of imidazole rings is 1. The second-order valence-electron chi connectivity index (χ2n) is 3.24. The molecule has 0 fully saturated rings. The van der Waals surface area contributed by atoms with Gasteiger partial charge in [0.05, 0.1) is 6.33 Å². The zero-order chi connectivity index (χ0) is 7.14. The van der Waals surface area contributed by atoms with E-state index in [9.17, 15) is 0 Å². The molecule has 2 atom stereocenters. The molecule has 0 saturated carbocycles. The van der Waals surface area contributed by atoms with Gasteiger partial charge in [0, 0.05) is 24.4 Å². The van der Waals surface area contributed by atoms with E-state index < -0.39 is 0 Å². The summed E-state index contributed by atoms with van der Waals surface area (Å²) < 4.78 is 2.25. The number of fused-ring (bicyclic) bond motifs is 1. The summed E-state index contributed by atoms with van der Waals surface area (Å²) in [6, 6.07) is 0. The molecule has 2 nitrogen and oxygen atoms in total. The molecule has 2 heterocycles. The van der Waals surface area contributed by atoms with E-state index in [1.54, 1.807) is 0 Å². The van der Waals surface area contributed by atoms with Crippen LogP contribution < -0.4 is 0 Å². The fraction of sp³-hybridized carbons (Fsp3) is 0.625. The third kappa shape index (κ3) is 0.618. The zero-order valence-electron chi connectivity index (χ0n) is 6.41. The highest BCUT2D eigenvalue weighted by Crippen LogP contribution is 2.31. The highest BCUT2D eigenvalue weighted by Gasteiger charge is 2.24. The summed E-state index contributed by atoms with van der Waals surface area (Å²) in [5, 5.41) is 0. The molecule has 0 N–H and O–H groups in total. The van der Waals surface area contributed by atoms with Crippen LogP contribution in [0.2, 0.25) is 0 Å². The van der Waals surface area contributed by atoms with Crippen molar-refractivity contribution in [1.29, 1.82) is 0 Å². The van der Waals surface area contributed by atoms with Crippen LogP contribution >= 0.6 is 0 Å². The summed E-state index contributed by atoms with van der Waals surface area (Å²) in [5.41, 5.74) is 1.40. The SMILES string of the molecule is C[C@@H]1Cn2cncc2[C@@H]1C. The van der Waals surface area contributed by atoms with E-state index >= 15 is 0 Å². The third-order valence-electron chi connectivity index (χ3n) is 2.55. The topological polar surface area (TPSA) is 17.8 Å². The average Bonchev–Trinajstić information content (AvgIpc) is 2.41. The van der Waals surface area contributed by atoms with Crippen molar-refractivity contribution in [2.24, 2.45) is 5.92 Å². The maximum absolute atomic E-state index is 4.09. The Kier molecular flexibility index (Phi) is 1.10. The Bertz CT molecular complexity index is 239. The summed E-state index contributed by atoms with van der Waals surface area (Å²) in [7, 11) is 0. The lowest BCUT2D eigenvalue weighted by molar-refractivity contribution is 0.499. The molecule has 0 radical (unpaired) electrons. The van der Waals surface area contributed by atoms with Crippen molar-refractivity contribution in [3.8, 4) is 0 Å². The second kappa shape index (κ2) is 1.84. The minimum absolute atomic E-state index is 0.697. The molecular weight excluding hydrogens is 124 g/mol. The van der Waals surface area contributed by atoms with Gasteiger partial charge in [0.1, 0.15) is 0 Å². The molecule has 2 heteroatoms. The lowest BCUT2D eigenvalue weighted by Crippen LogP contribution is -1.99. The summed E-state index contributed by atoms with van der Waals surface area (Å²) in [6.45, 7) is 5.71. The van der Waals surface area contributed by atoms with E-state index in [2.05, 4.69) is 23.4 Å². The molecule has 0 bridgehead atoms. The Balaban J connectivity index is 2.43. The number of hydrogen-bond donors (Lipinski definition) is 0. The lowest BCUT2D eigenvalue weighted by Gasteiger charge is -2.05. The normalized spacial score (nSPS) is 30.6. The zero-order valence-corrected chi connectivity index (χ0v) is 6.41. The van der Waals surface area contributed by atoms with Gasteiger partial charge in [0.2, 0.25) is 0 Å². The van der Waals surface area contributed by atoms with Crippen LogP contribution in [0.5, 0.6) is 0 Å². The summed E-state index contributed by atoms with van der Waals surface area (Å²) in [5.74, 6) is 1.49. The van der Waals surface area contributed by atoms with Crippen molar-refractivity contribution >= 4 is 0 Å². The van der Waals surface area contributed by atoms with Gasteiger partial charge < -0.3 is 4.57 Å². The molecule has 1 aliphatic heterocycles. The molecule has 2 rings (SSSR count). The molecule has 1 aromatic heterocycles. The minimum Gasteiger partial charge on any atom is -0.334 e. The fourth-order valence-electron chi connectivity index (χ4n) is 1.62. The van der Waals surface area contributed by atoms with E-state index in [0.29, 0.717) is 5.92 Å². The van der Waals surface area contributed by atoms with Crippen molar-refractivity contribution in [2.45, 2.75) is 26.3 Å². The van der Waals surface area contributed by atoms with Crippen molar-refractivity contribution in [3.05, 3.63) is 18.2 Å². The van der Waals surface area contributed by atoms with E-state index in [0.717, 1.165) is 12.5 Å². The Morgan fingerprint density at radius 1 is 1.60 bits per heavy atom. The number of nitrogens with zero attached hydrogens (tertiary/aromatic N) is 2. The highest BCUT2D eigenvalue weighted by atomic mass is 15.1. The predicted octanol–water partition coefficient (Wildman–Crippen LogP) is 1.64. The van der Waals surface area contributed by atoms with Crippen molar-refractivity contribution in [2.75, 3.05) is 0 Å². The third-order valence-corrected chi connectivity index (χ3v) is 2.55. The Hall–Kier alpha value is -0.790. The Morgan fingerprint density at radius 3 is 3.10 bits per heavy atom. The average molecular weight is 136 g/mol. The molecule has 0 saturated heterocycles. The van der Waals surface area contributed by atoms with Gasteiger partial charge >= 0.3 is 0 Å². The summed E-state index contributed by atoms with van der Waals surface area (Å²) >= 11 is 0. The van der Waals surface area contributed by atoms with Crippen LogP contribution in [0.4, 0.5) is 0 Å². The Morgan fingerprint density at radius 2 is 2.40 bits per heavy atom. The fourth-order valence-corrected chi connectivity index (χ4v) is 1.62. The van der Waals surface area contributed by atoms with Crippen LogP contribution in [0.25, 0.3) is 0 Å². The van der Waals surface area contributed by atoms with E-state index in [1.165, 1.54) is 5.69 Å². The summed E-state index contributed by atoms with van der Waals surface area (Å²) in [6.07, 6.45) is 3.91. The minimum atomic E-state index is 0.697. The molecule has 0 aromatic carbocycles. The van der Waals surface area contributed by atoms with Gasteiger partial charge in [0.25, 0.3) is 0 Å². The maximum atomic E-state index is 4.09. The van der Waals surface area contributed by atoms with E-state index in [4.69, 9.17) is 0 Å². The van der Waals surface area contributed by atoms with Gasteiger partial charge in [-0.2, -0.15) is 0 Å². The molecule has 0 amide bonds. The quantitative estimate of drug-likeness (QED) is 0.530. The second-order valence-corrected chi connectivity index (χ2v) is 3.24. The number of hydrogen-bond acceptors (Lipinski definition) is 1. The first-order valence-corrected chi connectivity index (χ1v) is 3.79. The number of aromatic nitrogens is 2. The first kappa shape index (κ1) is 5.96. The van der Waals surface area contributed by atoms with Gasteiger partial charge in [0.15, 0.2) is 0 Å². The van der Waals surface area contributed by atoms with Crippen LogP contribution in [-0.4, -0.2) is 9.55 Å². The first-order chi connectivity index (χ1) is 4.79. The molecule has 54 valence electrons. The van der Waals surface area contributed by atoms with Crippen molar-refractivity contribution in [1.82, 2.24) is 9.55 Å². The highest BCUT2D eigenvalue weighted by molar-refractivity contribution is 5.10. The standard InChI is InChI=1S/C8H12N2/c1-6-4-10-5-9-3-8(10)7(6)2/h3,5-7H,4H2,1-2H3/t6-,7-/m1/s1. The van der Waals surface area contributed by atoms with Gasteiger partial charge in [-0.1, -0.05) is 13.8 Å². The predicted molar refractivity (Wildman–Crippen MR) is 39.8 cm³/mol. The molecule has 1 aliphatic rings. The molecule has 1 aromatic rings. The van der Waals surface area contributed by atoms with E-state index in [-0.39, 0.29) is 0 Å². The van der Waals surface area contributed by atoms with Gasteiger partial charge in [-0.3, -0.25) is 0 Å². The lowest BCUT2D eigenvalue weighted by atomic mass is 9.98. The molecule has 0 spiro atoms. The summed E-state index contributed by atoms with van der Waals surface area (Å²) in [4.78, 5) is 4.09. The van der Waals surface area contributed by atoms with Crippen LogP contribution in [0.3, 0.4) is 0 Å². The monoisotopic (exact) mass is 136 g/mol. The van der Waals surface area contributed by atoms with Crippen LogP contribution in [0.15, 0.2) is 12.5 Å². The van der Waals surface area contributed by atoms with Gasteiger partial charge in [-0.05, 0) is 5.92 Å². The van der Waals surface area contributed by atoms with Crippen LogP contribution in [-0.2, 0) is 6.54 Å². The van der Waals surface area contributed by atoms with Crippen molar-refractivity contribution < 1.29 is 0 Å². The number of rotatable bonds is 0. The van der Waals surface area contributed by atoms with Crippen LogP contribution in [0, 0.1) is 5.92 Å². The molecule has 0 unspecified atom stereocenters. The molecule has 0 aliphatic carbocycles. The van der Waals surface area contributed by atoms with E-state index in [1.807, 2.05) is 12.5 Å². The maximum Gasteiger partial charge on any atom is 0.0948 e.